The molecule has 0 unspecified atom stereocenters. The van der Waals surface area contributed by atoms with Crippen LogP contribution in [0.3, 0.4) is 0 Å². The highest BCUT2D eigenvalue weighted by Crippen LogP contribution is 2.16. The molecule has 0 fully saturated rings. The van der Waals surface area contributed by atoms with Gasteiger partial charge in [0, 0.05) is 13.0 Å². The second-order valence-corrected chi connectivity index (χ2v) is 4.53. The second-order valence-electron chi connectivity index (χ2n) is 4.53. The summed E-state index contributed by atoms with van der Waals surface area (Å²) in [4.78, 5) is 21.9. The molecule has 6 nitrogen and oxygen atoms in total. The average molecular weight is 279 g/mol. The number of para-hydroxylation sites is 2. The van der Waals surface area contributed by atoms with Gasteiger partial charge in [-0.25, -0.2) is 4.79 Å². The topological polar surface area (TPSA) is 104 Å². The highest BCUT2D eigenvalue weighted by atomic mass is 16.4. The maximum absolute atomic E-state index is 11.6. The minimum absolute atomic E-state index is 0.210. The molecular formula is C14H21N3O3. The fourth-order valence-electron chi connectivity index (χ4n) is 1.73. The Morgan fingerprint density at radius 3 is 2.50 bits per heavy atom. The van der Waals surface area contributed by atoms with Crippen molar-refractivity contribution in [2.45, 2.75) is 32.1 Å². The van der Waals surface area contributed by atoms with Gasteiger partial charge < -0.3 is 21.5 Å². The zero-order valence-corrected chi connectivity index (χ0v) is 11.4. The van der Waals surface area contributed by atoms with Crippen LogP contribution in [-0.2, 0) is 4.79 Å². The van der Waals surface area contributed by atoms with Crippen molar-refractivity contribution in [1.82, 2.24) is 5.32 Å². The number of carboxylic acids is 1. The number of nitrogens with two attached hydrogens (primary N) is 1. The number of hydrogen-bond donors (Lipinski definition) is 4. The molecule has 0 radical (unpaired) electrons. The van der Waals surface area contributed by atoms with Crippen molar-refractivity contribution in [3.63, 3.8) is 0 Å². The largest absolute Gasteiger partial charge is 0.481 e. The Kier molecular flexibility index (Phi) is 6.95. The van der Waals surface area contributed by atoms with E-state index >= 15 is 0 Å². The summed E-state index contributed by atoms with van der Waals surface area (Å²) in [6.45, 7) is 0.561. The number of nitrogen functional groups attached to an aromatic ring is 1. The van der Waals surface area contributed by atoms with Crippen LogP contribution in [0.5, 0.6) is 0 Å². The van der Waals surface area contributed by atoms with E-state index in [0.29, 0.717) is 24.3 Å². The number of aliphatic carboxylic acids is 1. The van der Waals surface area contributed by atoms with E-state index in [4.69, 9.17) is 10.8 Å². The van der Waals surface area contributed by atoms with Gasteiger partial charge in [0.05, 0.1) is 11.4 Å². The zero-order valence-electron chi connectivity index (χ0n) is 11.4. The zero-order chi connectivity index (χ0) is 14.8. The van der Waals surface area contributed by atoms with Crippen molar-refractivity contribution in [3.8, 4) is 0 Å². The maximum atomic E-state index is 11.6. The van der Waals surface area contributed by atoms with Crippen LogP contribution >= 0.6 is 0 Å². The molecule has 0 saturated heterocycles. The summed E-state index contributed by atoms with van der Waals surface area (Å²) >= 11 is 0. The average Bonchev–Trinajstić information content (AvgIpc) is 2.40. The molecule has 0 heterocycles. The highest BCUT2D eigenvalue weighted by molar-refractivity contribution is 5.92. The van der Waals surface area contributed by atoms with Gasteiger partial charge in [-0.3, -0.25) is 4.79 Å². The molecule has 0 atom stereocenters. The summed E-state index contributed by atoms with van der Waals surface area (Å²) in [7, 11) is 0. The lowest BCUT2D eigenvalue weighted by Gasteiger charge is -2.09. The van der Waals surface area contributed by atoms with Crippen LogP contribution in [0.25, 0.3) is 0 Å². The molecule has 5 N–H and O–H groups in total. The molecule has 0 spiro atoms. The lowest BCUT2D eigenvalue weighted by molar-refractivity contribution is -0.137. The van der Waals surface area contributed by atoms with Crippen LogP contribution in [0.1, 0.15) is 32.1 Å². The van der Waals surface area contributed by atoms with Gasteiger partial charge in [-0.05, 0) is 25.0 Å². The summed E-state index contributed by atoms with van der Waals surface area (Å²) < 4.78 is 0. The van der Waals surface area contributed by atoms with E-state index < -0.39 is 5.97 Å². The summed E-state index contributed by atoms with van der Waals surface area (Å²) in [5.74, 6) is -0.761. The smallest absolute Gasteiger partial charge is 0.319 e. The number of urea groups is 1. The number of hydrogen-bond acceptors (Lipinski definition) is 3. The maximum Gasteiger partial charge on any atom is 0.319 e. The van der Waals surface area contributed by atoms with Gasteiger partial charge in [0.1, 0.15) is 0 Å². The Morgan fingerprint density at radius 2 is 1.80 bits per heavy atom. The van der Waals surface area contributed by atoms with E-state index in [1.807, 2.05) is 0 Å². The Bertz CT molecular complexity index is 449. The van der Waals surface area contributed by atoms with Gasteiger partial charge in [-0.15, -0.1) is 0 Å². The molecule has 1 rings (SSSR count). The third-order valence-corrected chi connectivity index (χ3v) is 2.81. The first-order chi connectivity index (χ1) is 9.59. The number of anilines is 2. The number of amides is 2. The molecule has 1 aromatic rings. The van der Waals surface area contributed by atoms with Crippen LogP contribution < -0.4 is 16.4 Å². The SMILES string of the molecule is Nc1ccccc1NC(=O)NCCCCCCC(=O)O. The Labute approximate surface area is 118 Å². The molecule has 0 saturated carbocycles. The van der Waals surface area contributed by atoms with Gasteiger partial charge in [-0.2, -0.15) is 0 Å². The third kappa shape index (κ3) is 6.63. The molecular weight excluding hydrogens is 258 g/mol. The summed E-state index contributed by atoms with van der Waals surface area (Å²) in [6.07, 6.45) is 3.49. The fraction of sp³-hybridized carbons (Fsp3) is 0.429. The lowest BCUT2D eigenvalue weighted by Crippen LogP contribution is -2.29. The number of benzene rings is 1. The molecule has 1 aromatic carbocycles. The summed E-state index contributed by atoms with van der Waals surface area (Å²) in [6, 6.07) is 6.77. The first-order valence-corrected chi connectivity index (χ1v) is 6.70. The predicted molar refractivity (Wildman–Crippen MR) is 78.6 cm³/mol. The van der Waals surface area contributed by atoms with Gasteiger partial charge in [0.15, 0.2) is 0 Å². The normalized spacial score (nSPS) is 10.0. The molecule has 0 aliphatic rings. The number of carboxylic acid groups (broad SMARTS) is 1. The number of carbonyl (C=O) groups is 2. The Morgan fingerprint density at radius 1 is 1.10 bits per heavy atom. The van der Waals surface area contributed by atoms with Gasteiger partial charge in [0.2, 0.25) is 0 Å². The monoisotopic (exact) mass is 279 g/mol. The van der Waals surface area contributed by atoms with Crippen molar-refractivity contribution in [1.29, 1.82) is 0 Å². The highest BCUT2D eigenvalue weighted by Gasteiger charge is 2.03. The Hall–Kier alpha value is -2.24. The number of rotatable bonds is 8. The minimum atomic E-state index is -0.761. The van der Waals surface area contributed by atoms with E-state index in [1.165, 1.54) is 0 Å². The second kappa shape index (κ2) is 8.79. The molecule has 0 bridgehead atoms. The summed E-state index contributed by atoms with van der Waals surface area (Å²) in [5, 5.41) is 13.9. The molecule has 6 heteroatoms. The van der Waals surface area contributed by atoms with E-state index in [0.717, 1.165) is 19.3 Å². The van der Waals surface area contributed by atoms with E-state index in [-0.39, 0.29) is 12.5 Å². The van der Waals surface area contributed by atoms with Gasteiger partial charge in [-0.1, -0.05) is 25.0 Å². The first-order valence-electron chi connectivity index (χ1n) is 6.70. The van der Waals surface area contributed by atoms with Crippen molar-refractivity contribution in [2.24, 2.45) is 0 Å². The van der Waals surface area contributed by atoms with Gasteiger partial charge >= 0.3 is 12.0 Å². The quantitative estimate of drug-likeness (QED) is 0.433. The Balaban J connectivity index is 2.09. The molecule has 0 aliphatic heterocycles. The van der Waals surface area contributed by atoms with E-state index in [2.05, 4.69) is 10.6 Å². The van der Waals surface area contributed by atoms with Crippen molar-refractivity contribution in [3.05, 3.63) is 24.3 Å². The van der Waals surface area contributed by atoms with E-state index in [9.17, 15) is 9.59 Å². The van der Waals surface area contributed by atoms with Crippen molar-refractivity contribution in [2.75, 3.05) is 17.6 Å². The number of nitrogens with one attached hydrogen (secondary N) is 2. The van der Waals surface area contributed by atoms with Crippen LogP contribution in [0.15, 0.2) is 24.3 Å². The number of unbranched alkanes of at least 4 members (excludes halogenated alkanes) is 3. The third-order valence-electron chi connectivity index (χ3n) is 2.81. The van der Waals surface area contributed by atoms with Crippen molar-refractivity contribution < 1.29 is 14.7 Å². The fourth-order valence-corrected chi connectivity index (χ4v) is 1.73. The standard InChI is InChI=1S/C14H21N3O3/c15-11-7-4-5-8-12(11)17-14(20)16-10-6-2-1-3-9-13(18)19/h4-5,7-8H,1-3,6,9-10,15H2,(H,18,19)(H2,16,17,20). The molecule has 0 aromatic heterocycles. The van der Waals surface area contributed by atoms with Crippen LogP contribution in [0.4, 0.5) is 16.2 Å². The summed E-state index contributed by atoms with van der Waals surface area (Å²) in [5.41, 5.74) is 6.83. The van der Waals surface area contributed by atoms with Crippen LogP contribution in [-0.4, -0.2) is 23.7 Å². The molecule has 20 heavy (non-hydrogen) atoms. The first kappa shape index (κ1) is 15.8. The van der Waals surface area contributed by atoms with E-state index in [1.54, 1.807) is 24.3 Å². The van der Waals surface area contributed by atoms with Crippen molar-refractivity contribution >= 4 is 23.4 Å². The van der Waals surface area contributed by atoms with Crippen LogP contribution in [0, 0.1) is 0 Å². The minimum Gasteiger partial charge on any atom is -0.481 e. The molecule has 0 aliphatic carbocycles. The predicted octanol–water partition coefficient (Wildman–Crippen LogP) is 2.43. The molecule has 2 amide bonds. The van der Waals surface area contributed by atoms with Gasteiger partial charge in [0.25, 0.3) is 0 Å². The number of carbonyl (C=O) groups excluding carboxylic acids is 1. The van der Waals surface area contributed by atoms with Crippen LogP contribution in [0.2, 0.25) is 0 Å². The lowest BCUT2D eigenvalue weighted by atomic mass is 10.1. The molecule has 110 valence electrons.